The van der Waals surface area contributed by atoms with E-state index < -0.39 is 0 Å². The Morgan fingerprint density at radius 1 is 1.21 bits per heavy atom. The molecule has 0 heterocycles. The van der Waals surface area contributed by atoms with E-state index in [1.807, 2.05) is 0 Å². The van der Waals surface area contributed by atoms with Crippen LogP contribution in [-0.2, 0) is 0 Å². The molecule has 1 heteroatoms. The third-order valence-corrected chi connectivity index (χ3v) is 5.53. The maximum absolute atomic E-state index is 6.49. The smallest absolute Gasteiger partial charge is 0.0127 e. The predicted molar refractivity (Wildman–Crippen MR) is 58.9 cm³/mol. The van der Waals surface area contributed by atoms with Crippen molar-refractivity contribution in [1.82, 2.24) is 0 Å². The van der Waals surface area contributed by atoms with Crippen LogP contribution in [0.15, 0.2) is 0 Å². The summed E-state index contributed by atoms with van der Waals surface area (Å²) in [5.41, 5.74) is 7.09. The molecule has 0 radical (unpaired) electrons. The lowest BCUT2D eigenvalue weighted by molar-refractivity contribution is 0.0531. The summed E-state index contributed by atoms with van der Waals surface area (Å²) in [5.74, 6) is 2.84. The molecular formula is C13H23N. The minimum absolute atomic E-state index is 0.559. The van der Waals surface area contributed by atoms with Gasteiger partial charge in [0.1, 0.15) is 0 Å². The lowest BCUT2D eigenvalue weighted by Gasteiger charge is -2.47. The first-order chi connectivity index (χ1) is 6.72. The topological polar surface area (TPSA) is 26.0 Å². The number of hydrogen-bond acceptors (Lipinski definition) is 1. The maximum atomic E-state index is 6.49. The number of nitrogens with two attached hydrogens (primary N) is 1. The minimum Gasteiger partial charge on any atom is -0.327 e. The minimum atomic E-state index is 0.559. The molecule has 0 aromatic carbocycles. The summed E-state index contributed by atoms with van der Waals surface area (Å²) in [6.07, 6.45) is 10.2. The van der Waals surface area contributed by atoms with Crippen molar-refractivity contribution >= 4 is 0 Å². The van der Waals surface area contributed by atoms with E-state index in [0.29, 0.717) is 11.5 Å². The van der Waals surface area contributed by atoms with Crippen LogP contribution in [0.3, 0.4) is 0 Å². The molecular weight excluding hydrogens is 170 g/mol. The average Bonchev–Trinajstić information content (AvgIpc) is 2.71. The highest BCUT2D eigenvalue weighted by molar-refractivity contribution is 5.09. The lowest BCUT2D eigenvalue weighted by Crippen LogP contribution is -2.48. The molecule has 3 aliphatic carbocycles. The van der Waals surface area contributed by atoms with Crippen LogP contribution >= 0.6 is 0 Å². The second kappa shape index (κ2) is 2.98. The Bertz CT molecular complexity index is 233. The summed E-state index contributed by atoms with van der Waals surface area (Å²) in [7, 11) is 0. The van der Waals surface area contributed by atoms with Gasteiger partial charge in [0.25, 0.3) is 0 Å². The summed E-state index contributed by atoms with van der Waals surface area (Å²) >= 11 is 0. The third-order valence-electron chi connectivity index (χ3n) is 5.53. The van der Waals surface area contributed by atoms with Gasteiger partial charge in [0.2, 0.25) is 0 Å². The van der Waals surface area contributed by atoms with Crippen LogP contribution in [0.1, 0.15) is 51.9 Å². The molecule has 0 aromatic rings. The first-order valence-electron chi connectivity index (χ1n) is 6.48. The second-order valence-corrected chi connectivity index (χ2v) is 6.23. The van der Waals surface area contributed by atoms with Crippen molar-refractivity contribution in [3.05, 3.63) is 0 Å². The van der Waals surface area contributed by atoms with E-state index >= 15 is 0 Å². The van der Waals surface area contributed by atoms with Gasteiger partial charge >= 0.3 is 0 Å². The van der Waals surface area contributed by atoms with Crippen molar-refractivity contribution in [2.24, 2.45) is 28.9 Å². The molecule has 0 amide bonds. The Balaban J connectivity index is 1.87. The highest BCUT2D eigenvalue weighted by Gasteiger charge is 2.56. The van der Waals surface area contributed by atoms with Crippen molar-refractivity contribution in [3.63, 3.8) is 0 Å². The molecule has 1 nitrogen and oxygen atoms in total. The molecule has 3 rings (SSSR count). The van der Waals surface area contributed by atoms with Gasteiger partial charge in [0.15, 0.2) is 0 Å². The van der Waals surface area contributed by atoms with Crippen LogP contribution in [0.25, 0.3) is 0 Å². The quantitative estimate of drug-likeness (QED) is 0.629. The molecule has 2 bridgehead atoms. The first kappa shape index (κ1) is 9.21. The molecule has 5 atom stereocenters. The monoisotopic (exact) mass is 193 g/mol. The molecule has 14 heavy (non-hydrogen) atoms. The van der Waals surface area contributed by atoms with E-state index in [2.05, 4.69) is 6.92 Å². The molecule has 3 unspecified atom stereocenters. The van der Waals surface area contributed by atoms with Gasteiger partial charge in [-0.2, -0.15) is 0 Å². The average molecular weight is 193 g/mol. The van der Waals surface area contributed by atoms with Crippen LogP contribution in [0.2, 0.25) is 0 Å². The van der Waals surface area contributed by atoms with Gasteiger partial charge in [-0.25, -0.2) is 0 Å². The van der Waals surface area contributed by atoms with E-state index in [-0.39, 0.29) is 0 Å². The SMILES string of the molecule is C[C@H]1CCC[C@]2(C1)C1CCC(C1)C2N. The van der Waals surface area contributed by atoms with Gasteiger partial charge in [-0.3, -0.25) is 0 Å². The maximum Gasteiger partial charge on any atom is 0.0127 e. The van der Waals surface area contributed by atoms with Gasteiger partial charge in [-0.1, -0.05) is 19.8 Å². The van der Waals surface area contributed by atoms with Crippen LogP contribution in [-0.4, -0.2) is 6.04 Å². The molecule has 0 aromatic heterocycles. The van der Waals surface area contributed by atoms with E-state index in [4.69, 9.17) is 5.73 Å². The zero-order valence-electron chi connectivity index (χ0n) is 9.34. The van der Waals surface area contributed by atoms with Crippen LogP contribution < -0.4 is 5.73 Å². The molecule has 3 saturated carbocycles. The van der Waals surface area contributed by atoms with Crippen molar-refractivity contribution in [2.75, 3.05) is 0 Å². The number of fused-ring (bicyclic) bond motifs is 3. The Hall–Kier alpha value is -0.0400. The van der Waals surface area contributed by atoms with E-state index in [0.717, 1.165) is 17.8 Å². The second-order valence-electron chi connectivity index (χ2n) is 6.23. The molecule has 1 spiro atoms. The van der Waals surface area contributed by atoms with Crippen molar-refractivity contribution in [3.8, 4) is 0 Å². The molecule has 80 valence electrons. The molecule has 3 fully saturated rings. The predicted octanol–water partition coefficient (Wildman–Crippen LogP) is 2.94. The first-order valence-corrected chi connectivity index (χ1v) is 6.48. The Morgan fingerprint density at radius 3 is 2.71 bits per heavy atom. The largest absolute Gasteiger partial charge is 0.327 e. The summed E-state index contributed by atoms with van der Waals surface area (Å²) in [6.45, 7) is 2.43. The summed E-state index contributed by atoms with van der Waals surface area (Å²) < 4.78 is 0. The number of rotatable bonds is 0. The fourth-order valence-electron chi connectivity index (χ4n) is 4.91. The standard InChI is InChI=1S/C13H23N/c1-9-3-2-6-13(8-9)11-5-4-10(7-11)12(13)14/h9-12H,2-8,14H2,1H3/t9-,10?,11?,12?,13-/m0/s1. The van der Waals surface area contributed by atoms with E-state index in [1.54, 1.807) is 0 Å². The zero-order valence-corrected chi connectivity index (χ0v) is 9.34. The zero-order chi connectivity index (χ0) is 9.76. The van der Waals surface area contributed by atoms with Crippen molar-refractivity contribution in [1.29, 1.82) is 0 Å². The van der Waals surface area contributed by atoms with Gasteiger partial charge < -0.3 is 5.73 Å². The lowest BCUT2D eigenvalue weighted by atomic mass is 9.60. The van der Waals surface area contributed by atoms with Gasteiger partial charge in [-0.05, 0) is 55.3 Å². The summed E-state index contributed by atoms with van der Waals surface area (Å²) in [6, 6.07) is 0.559. The number of hydrogen-bond donors (Lipinski definition) is 1. The highest BCUT2D eigenvalue weighted by atomic mass is 14.8. The van der Waals surface area contributed by atoms with E-state index in [1.165, 1.54) is 44.9 Å². The van der Waals surface area contributed by atoms with Gasteiger partial charge in [-0.15, -0.1) is 0 Å². The molecule has 3 aliphatic rings. The fraction of sp³-hybridized carbons (Fsp3) is 1.00. The normalized spacial score (nSPS) is 57.0. The Labute approximate surface area is 87.4 Å². The van der Waals surface area contributed by atoms with Crippen LogP contribution in [0.5, 0.6) is 0 Å². The third kappa shape index (κ3) is 1.05. The molecule has 2 N–H and O–H groups in total. The summed E-state index contributed by atoms with van der Waals surface area (Å²) in [5, 5.41) is 0. The van der Waals surface area contributed by atoms with Gasteiger partial charge in [0.05, 0.1) is 0 Å². The van der Waals surface area contributed by atoms with Crippen molar-refractivity contribution < 1.29 is 0 Å². The van der Waals surface area contributed by atoms with Crippen LogP contribution in [0.4, 0.5) is 0 Å². The Morgan fingerprint density at radius 2 is 2.07 bits per heavy atom. The Kier molecular flexibility index (Phi) is 1.96. The van der Waals surface area contributed by atoms with E-state index in [9.17, 15) is 0 Å². The molecule has 0 saturated heterocycles. The van der Waals surface area contributed by atoms with Crippen LogP contribution in [0, 0.1) is 23.2 Å². The fourth-order valence-corrected chi connectivity index (χ4v) is 4.91. The van der Waals surface area contributed by atoms with Crippen molar-refractivity contribution in [2.45, 2.75) is 57.9 Å². The summed E-state index contributed by atoms with van der Waals surface area (Å²) in [4.78, 5) is 0. The highest BCUT2D eigenvalue weighted by Crippen LogP contribution is 2.61. The van der Waals surface area contributed by atoms with Gasteiger partial charge in [0, 0.05) is 6.04 Å². The molecule has 0 aliphatic heterocycles.